The second kappa shape index (κ2) is 7.39. The standard InChI is InChI=1S/C16H23FN2O/c17-15-9-4-1-6-13(15)12-16(20)19(11-5-10-18)14-7-2-3-8-14/h1,4,6,9,14H,2-3,5,7-8,10-12,18H2. The largest absolute Gasteiger partial charge is 0.339 e. The SMILES string of the molecule is NCCCN(C(=O)Cc1ccccc1F)C1CCCC1. The van der Waals surface area contributed by atoms with E-state index in [1.807, 2.05) is 4.90 Å². The van der Waals surface area contributed by atoms with Gasteiger partial charge < -0.3 is 10.6 Å². The third kappa shape index (κ3) is 3.79. The van der Waals surface area contributed by atoms with E-state index in [1.165, 1.54) is 18.9 Å². The third-order valence-corrected chi connectivity index (χ3v) is 3.99. The van der Waals surface area contributed by atoms with E-state index in [1.54, 1.807) is 18.2 Å². The van der Waals surface area contributed by atoms with Gasteiger partial charge in [-0.15, -0.1) is 0 Å². The number of carbonyl (C=O) groups excluding carboxylic acids is 1. The molecule has 0 heterocycles. The van der Waals surface area contributed by atoms with E-state index in [9.17, 15) is 9.18 Å². The maximum atomic E-state index is 13.7. The smallest absolute Gasteiger partial charge is 0.227 e. The van der Waals surface area contributed by atoms with Gasteiger partial charge in [0.15, 0.2) is 0 Å². The van der Waals surface area contributed by atoms with Crippen LogP contribution in [0.5, 0.6) is 0 Å². The van der Waals surface area contributed by atoms with Crippen LogP contribution in [0.15, 0.2) is 24.3 Å². The molecule has 1 saturated carbocycles. The van der Waals surface area contributed by atoms with Gasteiger partial charge in [0.1, 0.15) is 5.82 Å². The highest BCUT2D eigenvalue weighted by atomic mass is 19.1. The second-order valence-electron chi connectivity index (χ2n) is 5.44. The van der Waals surface area contributed by atoms with Gasteiger partial charge in [0.2, 0.25) is 5.91 Å². The molecule has 1 aromatic carbocycles. The maximum absolute atomic E-state index is 13.7. The zero-order valence-corrected chi connectivity index (χ0v) is 11.9. The summed E-state index contributed by atoms with van der Waals surface area (Å²) >= 11 is 0. The monoisotopic (exact) mass is 278 g/mol. The van der Waals surface area contributed by atoms with Crippen molar-refractivity contribution in [1.29, 1.82) is 0 Å². The number of benzene rings is 1. The summed E-state index contributed by atoms with van der Waals surface area (Å²) in [4.78, 5) is 14.4. The molecular formula is C16H23FN2O. The lowest BCUT2D eigenvalue weighted by Crippen LogP contribution is -2.41. The van der Waals surface area contributed by atoms with Gasteiger partial charge in [-0.3, -0.25) is 4.79 Å². The Kier molecular flexibility index (Phi) is 5.53. The zero-order chi connectivity index (χ0) is 14.4. The van der Waals surface area contributed by atoms with E-state index in [2.05, 4.69) is 0 Å². The van der Waals surface area contributed by atoms with Crippen molar-refractivity contribution in [3.8, 4) is 0 Å². The van der Waals surface area contributed by atoms with Crippen molar-refractivity contribution in [3.05, 3.63) is 35.6 Å². The van der Waals surface area contributed by atoms with Crippen LogP contribution in [0.4, 0.5) is 4.39 Å². The minimum atomic E-state index is -0.300. The van der Waals surface area contributed by atoms with Gasteiger partial charge in [0, 0.05) is 12.6 Å². The molecule has 0 radical (unpaired) electrons. The van der Waals surface area contributed by atoms with Crippen LogP contribution in [0.3, 0.4) is 0 Å². The predicted molar refractivity (Wildman–Crippen MR) is 77.7 cm³/mol. The molecule has 0 saturated heterocycles. The average Bonchev–Trinajstić information content (AvgIpc) is 2.96. The Balaban J connectivity index is 2.03. The lowest BCUT2D eigenvalue weighted by Gasteiger charge is -2.29. The van der Waals surface area contributed by atoms with E-state index in [0.29, 0.717) is 24.7 Å². The second-order valence-corrected chi connectivity index (χ2v) is 5.44. The van der Waals surface area contributed by atoms with Crippen molar-refractivity contribution in [2.75, 3.05) is 13.1 Å². The van der Waals surface area contributed by atoms with Crippen molar-refractivity contribution < 1.29 is 9.18 Å². The molecule has 110 valence electrons. The molecule has 0 atom stereocenters. The lowest BCUT2D eigenvalue weighted by molar-refractivity contribution is -0.132. The molecule has 0 bridgehead atoms. The fourth-order valence-electron chi connectivity index (χ4n) is 2.89. The molecule has 2 rings (SSSR count). The minimum Gasteiger partial charge on any atom is -0.339 e. The Hall–Kier alpha value is -1.42. The summed E-state index contributed by atoms with van der Waals surface area (Å²) < 4.78 is 13.7. The van der Waals surface area contributed by atoms with Crippen LogP contribution in [0.25, 0.3) is 0 Å². The quantitative estimate of drug-likeness (QED) is 0.869. The van der Waals surface area contributed by atoms with Crippen molar-refractivity contribution in [3.63, 3.8) is 0 Å². The highest BCUT2D eigenvalue weighted by Crippen LogP contribution is 2.24. The summed E-state index contributed by atoms with van der Waals surface area (Å²) in [7, 11) is 0. The molecule has 2 N–H and O–H groups in total. The summed E-state index contributed by atoms with van der Waals surface area (Å²) in [5.41, 5.74) is 6.03. The highest BCUT2D eigenvalue weighted by molar-refractivity contribution is 5.79. The molecule has 1 aliphatic carbocycles. The van der Waals surface area contributed by atoms with Crippen LogP contribution in [0, 0.1) is 5.82 Å². The van der Waals surface area contributed by atoms with E-state index in [-0.39, 0.29) is 18.1 Å². The van der Waals surface area contributed by atoms with Gasteiger partial charge in [0.25, 0.3) is 0 Å². The first-order valence-electron chi connectivity index (χ1n) is 7.45. The van der Waals surface area contributed by atoms with Crippen molar-refractivity contribution in [1.82, 2.24) is 4.90 Å². The fourth-order valence-corrected chi connectivity index (χ4v) is 2.89. The molecule has 3 nitrogen and oxygen atoms in total. The number of halogens is 1. The summed E-state index contributed by atoms with van der Waals surface area (Å²) in [5.74, 6) is -0.276. The molecule has 0 aromatic heterocycles. The molecule has 0 unspecified atom stereocenters. The van der Waals surface area contributed by atoms with Crippen molar-refractivity contribution >= 4 is 5.91 Å². The van der Waals surface area contributed by atoms with Gasteiger partial charge in [-0.2, -0.15) is 0 Å². The zero-order valence-electron chi connectivity index (χ0n) is 11.9. The Morgan fingerprint density at radius 2 is 2.00 bits per heavy atom. The Bertz CT molecular complexity index is 444. The first kappa shape index (κ1) is 15.0. The number of carbonyl (C=O) groups is 1. The first-order chi connectivity index (χ1) is 9.72. The molecule has 4 heteroatoms. The average molecular weight is 278 g/mol. The molecule has 1 amide bonds. The number of hydrogen-bond donors (Lipinski definition) is 1. The van der Waals surface area contributed by atoms with Crippen molar-refractivity contribution in [2.45, 2.75) is 44.6 Å². The molecule has 0 aliphatic heterocycles. The van der Waals surface area contributed by atoms with Crippen LogP contribution in [0.2, 0.25) is 0 Å². The van der Waals surface area contributed by atoms with Gasteiger partial charge in [-0.25, -0.2) is 4.39 Å². The Morgan fingerprint density at radius 3 is 2.65 bits per heavy atom. The Labute approximate surface area is 120 Å². The van der Waals surface area contributed by atoms with Crippen LogP contribution in [0.1, 0.15) is 37.7 Å². The van der Waals surface area contributed by atoms with E-state index in [4.69, 9.17) is 5.73 Å². The fraction of sp³-hybridized carbons (Fsp3) is 0.562. The first-order valence-corrected chi connectivity index (χ1v) is 7.45. The van der Waals surface area contributed by atoms with Gasteiger partial charge in [-0.05, 0) is 37.4 Å². The minimum absolute atomic E-state index is 0.0236. The summed E-state index contributed by atoms with van der Waals surface area (Å²) in [5, 5.41) is 0. The van der Waals surface area contributed by atoms with Crippen molar-refractivity contribution in [2.24, 2.45) is 5.73 Å². The summed E-state index contributed by atoms with van der Waals surface area (Å²) in [6.45, 7) is 1.27. The van der Waals surface area contributed by atoms with E-state index < -0.39 is 0 Å². The lowest BCUT2D eigenvalue weighted by atomic mass is 10.1. The molecule has 0 spiro atoms. The summed E-state index contributed by atoms with van der Waals surface area (Å²) in [6.07, 6.45) is 5.43. The normalized spacial score (nSPS) is 15.5. The predicted octanol–water partition coefficient (Wildman–Crippen LogP) is 2.49. The molecule has 1 fully saturated rings. The molecule has 1 aliphatic rings. The summed E-state index contributed by atoms with van der Waals surface area (Å²) in [6, 6.07) is 6.82. The van der Waals surface area contributed by atoms with Crippen LogP contribution in [-0.4, -0.2) is 29.9 Å². The highest BCUT2D eigenvalue weighted by Gasteiger charge is 2.26. The van der Waals surface area contributed by atoms with E-state index in [0.717, 1.165) is 19.3 Å². The topological polar surface area (TPSA) is 46.3 Å². The van der Waals surface area contributed by atoms with Gasteiger partial charge >= 0.3 is 0 Å². The molecule has 1 aromatic rings. The van der Waals surface area contributed by atoms with Gasteiger partial charge in [-0.1, -0.05) is 31.0 Å². The third-order valence-electron chi connectivity index (χ3n) is 3.99. The number of nitrogens with two attached hydrogens (primary N) is 1. The number of amides is 1. The van der Waals surface area contributed by atoms with Crippen LogP contribution in [-0.2, 0) is 11.2 Å². The maximum Gasteiger partial charge on any atom is 0.227 e. The molecular weight excluding hydrogens is 255 g/mol. The van der Waals surface area contributed by atoms with Crippen LogP contribution >= 0.6 is 0 Å². The van der Waals surface area contributed by atoms with Crippen LogP contribution < -0.4 is 5.73 Å². The van der Waals surface area contributed by atoms with E-state index >= 15 is 0 Å². The Morgan fingerprint density at radius 1 is 1.30 bits per heavy atom. The number of rotatable bonds is 6. The number of nitrogens with zero attached hydrogens (tertiary/aromatic N) is 1. The molecule has 20 heavy (non-hydrogen) atoms. The number of hydrogen-bond acceptors (Lipinski definition) is 2. The van der Waals surface area contributed by atoms with Gasteiger partial charge in [0.05, 0.1) is 6.42 Å².